The summed E-state index contributed by atoms with van der Waals surface area (Å²) in [5, 5.41) is 0. The Hall–Kier alpha value is -3.41. The van der Waals surface area contributed by atoms with Crippen LogP contribution in [0.2, 0.25) is 0 Å². The molecule has 0 radical (unpaired) electrons. The number of aromatic amines is 1. The average Bonchev–Trinajstić information content (AvgIpc) is 3.28. The number of hydrogen-bond acceptors (Lipinski definition) is 4. The molecule has 1 aromatic heterocycles. The number of methoxy groups -OCH3 is 1. The molecule has 0 aliphatic rings. The van der Waals surface area contributed by atoms with E-state index in [4.69, 9.17) is 4.74 Å². The van der Waals surface area contributed by atoms with Crippen LogP contribution in [0.15, 0.2) is 61.1 Å². The molecule has 0 aliphatic heterocycles. The van der Waals surface area contributed by atoms with Crippen LogP contribution >= 0.6 is 0 Å². The smallest absolute Gasteiger partial charge is 0.272 e. The van der Waals surface area contributed by atoms with E-state index in [1.165, 1.54) is 23.0 Å². The predicted molar refractivity (Wildman–Crippen MR) is 120 cm³/mol. The lowest BCUT2D eigenvalue weighted by molar-refractivity contribution is -0.122. The first kappa shape index (κ1) is 22.3. The van der Waals surface area contributed by atoms with Gasteiger partial charge in [0, 0.05) is 13.5 Å². The minimum Gasteiger partial charge on any atom is -0.497 e. The van der Waals surface area contributed by atoms with Gasteiger partial charge in [0.1, 0.15) is 17.5 Å². The maximum Gasteiger partial charge on any atom is 0.272 e. The molecule has 31 heavy (non-hydrogen) atoms. The van der Waals surface area contributed by atoms with Gasteiger partial charge in [0.15, 0.2) is 5.78 Å². The summed E-state index contributed by atoms with van der Waals surface area (Å²) in [7, 11) is 3.23. The number of nitrogens with zero attached hydrogens (tertiary/aromatic N) is 2. The summed E-state index contributed by atoms with van der Waals surface area (Å²) >= 11 is 0. The van der Waals surface area contributed by atoms with Crippen molar-refractivity contribution in [1.29, 1.82) is 0 Å². The highest BCUT2D eigenvalue weighted by Crippen LogP contribution is 2.27. The summed E-state index contributed by atoms with van der Waals surface area (Å²) in [6.07, 6.45) is 3.13. The second-order valence-electron chi connectivity index (χ2n) is 8.65. The Kier molecular flexibility index (Phi) is 6.59. The highest BCUT2D eigenvalue weighted by atomic mass is 16.5. The van der Waals surface area contributed by atoms with Crippen LogP contribution in [-0.2, 0) is 16.6 Å². The summed E-state index contributed by atoms with van der Waals surface area (Å²) < 4.78 is 5.23. The van der Waals surface area contributed by atoms with Crippen LogP contribution in [0.25, 0.3) is 0 Å². The van der Waals surface area contributed by atoms with Crippen molar-refractivity contribution in [3.8, 4) is 5.75 Å². The normalized spacial score (nSPS) is 12.3. The minimum absolute atomic E-state index is 0.0465. The van der Waals surface area contributed by atoms with E-state index in [2.05, 4.69) is 42.9 Å². The van der Waals surface area contributed by atoms with E-state index in [0.717, 1.165) is 11.1 Å². The van der Waals surface area contributed by atoms with E-state index in [-0.39, 0.29) is 23.5 Å². The van der Waals surface area contributed by atoms with Gasteiger partial charge >= 0.3 is 0 Å². The monoisotopic (exact) mass is 419 g/mol. The Labute approximate surface area is 183 Å². The largest absolute Gasteiger partial charge is 0.497 e. The topological polar surface area (TPSA) is 75.3 Å². The first-order valence-electron chi connectivity index (χ1n) is 10.2. The van der Waals surface area contributed by atoms with Crippen LogP contribution in [0, 0.1) is 0 Å². The Morgan fingerprint density at radius 1 is 1.06 bits per heavy atom. The molecule has 1 N–H and O–H groups in total. The first-order valence-corrected chi connectivity index (χ1v) is 10.2. The molecule has 1 amide bonds. The van der Waals surface area contributed by atoms with Crippen molar-refractivity contribution >= 4 is 11.7 Å². The van der Waals surface area contributed by atoms with Gasteiger partial charge in [0.2, 0.25) is 0 Å². The zero-order valence-electron chi connectivity index (χ0n) is 18.7. The molecule has 0 saturated heterocycles. The van der Waals surface area contributed by atoms with E-state index in [0.29, 0.717) is 11.4 Å². The van der Waals surface area contributed by atoms with E-state index < -0.39 is 6.04 Å². The third-order valence-corrected chi connectivity index (χ3v) is 5.37. The molecule has 0 fully saturated rings. The molecule has 6 heteroatoms. The number of amides is 1. The zero-order valence-corrected chi connectivity index (χ0v) is 18.7. The molecular formula is C25H29N3O3. The SMILES string of the molecule is COc1ccc(C(C(=O)Cc2ccc(C(C)(C)C)cc2)N(C)C(=O)c2cnc[nH]2)cc1. The lowest BCUT2D eigenvalue weighted by Gasteiger charge is -2.27. The van der Waals surface area contributed by atoms with Crippen molar-refractivity contribution in [2.75, 3.05) is 14.2 Å². The molecule has 1 heterocycles. The quantitative estimate of drug-likeness (QED) is 0.618. The van der Waals surface area contributed by atoms with Gasteiger partial charge in [-0.3, -0.25) is 9.59 Å². The molecule has 2 aromatic carbocycles. The second kappa shape index (κ2) is 9.16. The molecular weight excluding hydrogens is 390 g/mol. The molecule has 3 rings (SSSR count). The second-order valence-corrected chi connectivity index (χ2v) is 8.65. The van der Waals surface area contributed by atoms with Crippen molar-refractivity contribution in [3.05, 3.63) is 83.4 Å². The van der Waals surface area contributed by atoms with Gasteiger partial charge in [0.05, 0.1) is 19.6 Å². The number of benzene rings is 2. The van der Waals surface area contributed by atoms with E-state index in [1.807, 2.05) is 24.3 Å². The number of H-pyrrole nitrogens is 1. The van der Waals surface area contributed by atoms with E-state index in [9.17, 15) is 9.59 Å². The highest BCUT2D eigenvalue weighted by Gasteiger charge is 2.30. The number of carbonyl (C=O) groups excluding carboxylic acids is 2. The number of rotatable bonds is 7. The molecule has 0 saturated carbocycles. The third kappa shape index (κ3) is 5.20. The maximum absolute atomic E-state index is 13.4. The van der Waals surface area contributed by atoms with Gasteiger partial charge in [-0.1, -0.05) is 57.2 Å². The lowest BCUT2D eigenvalue weighted by Crippen LogP contribution is -2.36. The van der Waals surface area contributed by atoms with Crippen LogP contribution in [0.4, 0.5) is 0 Å². The van der Waals surface area contributed by atoms with Crippen molar-refractivity contribution in [2.24, 2.45) is 0 Å². The summed E-state index contributed by atoms with van der Waals surface area (Å²) in [4.78, 5) is 34.5. The van der Waals surface area contributed by atoms with E-state index >= 15 is 0 Å². The Balaban J connectivity index is 1.89. The number of ketones is 1. The van der Waals surface area contributed by atoms with Crippen LogP contribution in [0.3, 0.4) is 0 Å². The summed E-state index contributed by atoms with van der Waals surface area (Å²) in [5.74, 6) is 0.328. The fourth-order valence-corrected chi connectivity index (χ4v) is 3.51. The van der Waals surface area contributed by atoms with Gasteiger partial charge in [-0.25, -0.2) is 4.98 Å². The standard InChI is InChI=1S/C25H29N3O3/c1-25(2,3)19-10-6-17(7-11-19)14-22(29)23(18-8-12-20(31-5)13-9-18)28(4)24(30)21-15-26-16-27-21/h6-13,15-16,23H,14H2,1-5H3,(H,26,27). The number of ether oxygens (including phenoxy) is 1. The van der Waals surface area contributed by atoms with Gasteiger partial charge < -0.3 is 14.6 Å². The Morgan fingerprint density at radius 2 is 1.71 bits per heavy atom. The summed E-state index contributed by atoms with van der Waals surface area (Å²) in [6.45, 7) is 6.47. The van der Waals surface area contributed by atoms with Crippen LogP contribution in [0.5, 0.6) is 5.75 Å². The van der Waals surface area contributed by atoms with Crippen molar-refractivity contribution in [1.82, 2.24) is 14.9 Å². The lowest BCUT2D eigenvalue weighted by atomic mass is 9.86. The first-order chi connectivity index (χ1) is 14.7. The molecule has 3 aromatic rings. The molecule has 1 atom stereocenters. The molecule has 1 unspecified atom stereocenters. The van der Waals surface area contributed by atoms with Gasteiger partial charge in [-0.05, 0) is 34.2 Å². The molecule has 162 valence electrons. The molecule has 6 nitrogen and oxygen atoms in total. The van der Waals surface area contributed by atoms with Crippen molar-refractivity contribution < 1.29 is 14.3 Å². The number of likely N-dealkylation sites (N-methyl/N-ethyl adjacent to an activating group) is 1. The zero-order chi connectivity index (χ0) is 22.6. The Bertz CT molecular complexity index is 1020. The van der Waals surface area contributed by atoms with E-state index in [1.54, 1.807) is 26.3 Å². The summed E-state index contributed by atoms with van der Waals surface area (Å²) in [5.41, 5.74) is 3.24. The van der Waals surface area contributed by atoms with Gasteiger partial charge in [-0.2, -0.15) is 0 Å². The van der Waals surface area contributed by atoms with Gasteiger partial charge in [-0.15, -0.1) is 0 Å². The highest BCUT2D eigenvalue weighted by molar-refractivity contribution is 5.97. The van der Waals surface area contributed by atoms with Gasteiger partial charge in [0.25, 0.3) is 5.91 Å². The van der Waals surface area contributed by atoms with Crippen molar-refractivity contribution in [3.63, 3.8) is 0 Å². The predicted octanol–water partition coefficient (Wildman–Crippen LogP) is 4.34. The molecule has 0 aliphatic carbocycles. The number of nitrogens with one attached hydrogen (secondary N) is 1. The number of imidazole rings is 1. The fourth-order valence-electron chi connectivity index (χ4n) is 3.51. The number of aromatic nitrogens is 2. The maximum atomic E-state index is 13.4. The minimum atomic E-state index is -0.732. The molecule has 0 bridgehead atoms. The number of hydrogen-bond donors (Lipinski definition) is 1. The summed E-state index contributed by atoms with van der Waals surface area (Å²) in [6, 6.07) is 14.6. The fraction of sp³-hybridized carbons (Fsp3) is 0.320. The number of Topliss-reactive ketones (excluding diaryl/α,β-unsaturated/α-hetero) is 1. The van der Waals surface area contributed by atoms with Crippen LogP contribution in [0.1, 0.15) is 54.0 Å². The third-order valence-electron chi connectivity index (χ3n) is 5.37. The average molecular weight is 420 g/mol. The Morgan fingerprint density at radius 3 is 2.23 bits per heavy atom. The molecule has 0 spiro atoms. The van der Waals surface area contributed by atoms with Crippen LogP contribution in [-0.4, -0.2) is 40.7 Å². The number of carbonyl (C=O) groups is 2. The van der Waals surface area contributed by atoms with Crippen molar-refractivity contribution in [2.45, 2.75) is 38.6 Å². The van der Waals surface area contributed by atoms with Crippen LogP contribution < -0.4 is 4.74 Å².